The number of nitrogens with one attached hydrogen (secondary N) is 1. The van der Waals surface area contributed by atoms with Crippen LogP contribution in [-0.4, -0.2) is 65.1 Å². The normalized spacial score (nSPS) is 14.0. The van der Waals surface area contributed by atoms with Gasteiger partial charge in [-0.25, -0.2) is 8.42 Å². The first-order valence-electron chi connectivity index (χ1n) is 14.4. The Balaban J connectivity index is 1.78. The molecule has 0 bridgehead atoms. The number of carbonyl (C=O) groups is 2. The predicted molar refractivity (Wildman–Crippen MR) is 174 cm³/mol. The van der Waals surface area contributed by atoms with Gasteiger partial charge in [0.05, 0.1) is 31.9 Å². The van der Waals surface area contributed by atoms with Crippen molar-refractivity contribution >= 4 is 50.7 Å². The smallest absolute Gasteiger partial charge is 0.265 e. The van der Waals surface area contributed by atoms with Crippen molar-refractivity contribution in [3.63, 3.8) is 0 Å². The highest BCUT2D eigenvalue weighted by Gasteiger charge is 2.35. The van der Waals surface area contributed by atoms with Crippen molar-refractivity contribution in [2.24, 2.45) is 0 Å². The molecule has 1 atom stereocenters. The molecule has 4 rings (SSSR count). The van der Waals surface area contributed by atoms with E-state index in [2.05, 4.69) is 5.32 Å². The number of rotatable bonds is 13. The third-order valence-corrected chi connectivity index (χ3v) is 10.2. The fourth-order valence-corrected chi connectivity index (χ4v) is 7.05. The predicted octanol–water partition coefficient (Wildman–Crippen LogP) is 5.69. The van der Waals surface area contributed by atoms with E-state index in [0.717, 1.165) is 30.0 Å². The number of amides is 2. The van der Waals surface area contributed by atoms with Gasteiger partial charge in [0.25, 0.3) is 10.0 Å². The molecule has 1 saturated carbocycles. The number of hydrogen-bond donors (Lipinski definition) is 1. The highest BCUT2D eigenvalue weighted by atomic mass is 35.5. The number of anilines is 1. The molecule has 0 radical (unpaired) electrons. The Morgan fingerprint density at radius 3 is 2.20 bits per heavy atom. The molecule has 0 heterocycles. The van der Waals surface area contributed by atoms with Crippen LogP contribution in [0.25, 0.3) is 0 Å². The minimum atomic E-state index is -4.45. The monoisotopic (exact) mass is 677 g/mol. The van der Waals surface area contributed by atoms with Crippen LogP contribution in [0, 0.1) is 0 Å². The lowest BCUT2D eigenvalue weighted by Gasteiger charge is -2.33. The average molecular weight is 679 g/mol. The lowest BCUT2D eigenvalue weighted by molar-refractivity contribution is -0.139. The van der Waals surface area contributed by atoms with Gasteiger partial charge in [0, 0.05) is 28.7 Å². The van der Waals surface area contributed by atoms with Crippen LogP contribution in [-0.2, 0) is 26.2 Å². The molecular weight excluding hydrogens is 641 g/mol. The zero-order valence-electron chi connectivity index (χ0n) is 25.6. The molecule has 3 aromatic rings. The van der Waals surface area contributed by atoms with Gasteiger partial charge in [-0.05, 0) is 61.7 Å². The maximum Gasteiger partial charge on any atom is 0.265 e. The highest BCUT2D eigenvalue weighted by molar-refractivity contribution is 7.92. The molecule has 0 spiro atoms. The molecular formula is C32H37Cl2N3O7S. The second-order valence-corrected chi connectivity index (χ2v) is 13.3. The van der Waals surface area contributed by atoms with E-state index < -0.39 is 28.5 Å². The zero-order valence-corrected chi connectivity index (χ0v) is 27.9. The van der Waals surface area contributed by atoms with Crippen molar-refractivity contribution in [1.82, 2.24) is 10.2 Å². The number of nitrogens with zero attached hydrogens (tertiary/aromatic N) is 2. The van der Waals surface area contributed by atoms with Crippen molar-refractivity contribution in [3.8, 4) is 17.2 Å². The fourth-order valence-electron chi connectivity index (χ4n) is 5.26. The van der Waals surface area contributed by atoms with Gasteiger partial charge in [-0.15, -0.1) is 0 Å². The fraction of sp³-hybridized carbons (Fsp3) is 0.375. The Kier molecular flexibility index (Phi) is 11.5. The molecule has 13 heteroatoms. The molecule has 242 valence electrons. The summed E-state index contributed by atoms with van der Waals surface area (Å²) in [5, 5.41) is 3.68. The van der Waals surface area contributed by atoms with E-state index in [4.69, 9.17) is 37.4 Å². The Hall–Kier alpha value is -3.67. The molecule has 10 nitrogen and oxygen atoms in total. The summed E-state index contributed by atoms with van der Waals surface area (Å²) in [6.45, 7) is 0.903. The van der Waals surface area contributed by atoms with Gasteiger partial charge >= 0.3 is 0 Å². The second kappa shape index (κ2) is 15.1. The Bertz CT molecular complexity index is 1630. The topological polar surface area (TPSA) is 114 Å². The van der Waals surface area contributed by atoms with Crippen molar-refractivity contribution in [2.75, 3.05) is 32.2 Å². The minimum absolute atomic E-state index is 0.0230. The first kappa shape index (κ1) is 34.2. The third kappa shape index (κ3) is 7.95. The molecule has 3 aromatic carbocycles. The molecule has 1 aliphatic carbocycles. The molecule has 0 aliphatic heterocycles. The third-order valence-electron chi connectivity index (χ3n) is 7.80. The highest BCUT2D eigenvalue weighted by Crippen LogP contribution is 2.37. The molecule has 1 N–H and O–H groups in total. The molecule has 1 aliphatic rings. The Morgan fingerprint density at radius 2 is 1.56 bits per heavy atom. The number of benzene rings is 3. The van der Waals surface area contributed by atoms with Crippen LogP contribution in [0.15, 0.2) is 65.6 Å². The van der Waals surface area contributed by atoms with Crippen LogP contribution >= 0.6 is 23.2 Å². The first-order chi connectivity index (χ1) is 21.5. The quantitative estimate of drug-likeness (QED) is 0.247. The summed E-state index contributed by atoms with van der Waals surface area (Å²) >= 11 is 12.8. The van der Waals surface area contributed by atoms with E-state index >= 15 is 0 Å². The summed E-state index contributed by atoms with van der Waals surface area (Å²) in [6.07, 6.45) is 3.77. The van der Waals surface area contributed by atoms with Gasteiger partial charge in [-0.1, -0.05) is 54.2 Å². The second-order valence-electron chi connectivity index (χ2n) is 10.6. The van der Waals surface area contributed by atoms with E-state index in [1.54, 1.807) is 37.3 Å². The maximum absolute atomic E-state index is 14.3. The summed E-state index contributed by atoms with van der Waals surface area (Å²) in [5.74, 6) is -0.305. The standard InChI is InChI=1S/C32H37Cl2N3O7S/c1-21(32(39)35-24-10-6-7-11-24)36(19-22-9-5-8-12-26(22)34)31(38)20-37(27-17-23(33)13-15-28(27)42-2)45(40,41)25-14-16-29(43-3)30(18-25)44-4/h5,8-9,12-18,21,24H,6-7,10-11,19-20H2,1-4H3,(H,35,39). The molecule has 1 fully saturated rings. The van der Waals surface area contributed by atoms with Gasteiger partial charge in [-0.2, -0.15) is 0 Å². The SMILES string of the molecule is COc1ccc(S(=O)(=O)N(CC(=O)N(Cc2ccccc2Cl)C(C)C(=O)NC2CCCC2)c2cc(Cl)ccc2OC)cc1OC. The number of halogens is 2. The molecule has 2 amide bonds. The van der Waals surface area contributed by atoms with Gasteiger partial charge < -0.3 is 24.4 Å². The number of ether oxygens (including phenoxy) is 3. The summed E-state index contributed by atoms with van der Waals surface area (Å²) in [6, 6.07) is 14.6. The summed E-state index contributed by atoms with van der Waals surface area (Å²) < 4.78 is 45.7. The van der Waals surface area contributed by atoms with Crippen LogP contribution in [0.5, 0.6) is 17.2 Å². The van der Waals surface area contributed by atoms with Crippen molar-refractivity contribution in [1.29, 1.82) is 0 Å². The van der Waals surface area contributed by atoms with E-state index in [9.17, 15) is 18.0 Å². The van der Waals surface area contributed by atoms with Crippen LogP contribution in [0.4, 0.5) is 5.69 Å². The van der Waals surface area contributed by atoms with Crippen molar-refractivity contribution in [3.05, 3.63) is 76.3 Å². The number of hydrogen-bond acceptors (Lipinski definition) is 7. The van der Waals surface area contributed by atoms with E-state index in [1.165, 1.54) is 56.6 Å². The lowest BCUT2D eigenvalue weighted by Crippen LogP contribution is -2.52. The van der Waals surface area contributed by atoms with Gasteiger partial charge in [-0.3, -0.25) is 13.9 Å². The first-order valence-corrected chi connectivity index (χ1v) is 16.6. The van der Waals surface area contributed by atoms with Crippen LogP contribution in [0.3, 0.4) is 0 Å². The Morgan fingerprint density at radius 1 is 0.911 bits per heavy atom. The largest absolute Gasteiger partial charge is 0.495 e. The number of sulfonamides is 1. The average Bonchev–Trinajstić information content (AvgIpc) is 3.55. The van der Waals surface area contributed by atoms with Crippen molar-refractivity contribution < 1.29 is 32.2 Å². The van der Waals surface area contributed by atoms with Crippen LogP contribution < -0.4 is 23.8 Å². The summed E-state index contributed by atoms with van der Waals surface area (Å²) in [5.41, 5.74) is 0.636. The number of methoxy groups -OCH3 is 3. The molecule has 45 heavy (non-hydrogen) atoms. The number of carbonyl (C=O) groups excluding carboxylic acids is 2. The Labute approximate surface area is 274 Å². The van der Waals surface area contributed by atoms with Crippen molar-refractivity contribution in [2.45, 2.75) is 56.1 Å². The van der Waals surface area contributed by atoms with E-state index in [-0.39, 0.29) is 45.6 Å². The van der Waals surface area contributed by atoms with Gasteiger partial charge in [0.1, 0.15) is 18.3 Å². The van der Waals surface area contributed by atoms with E-state index in [0.29, 0.717) is 16.3 Å². The van der Waals surface area contributed by atoms with Crippen LogP contribution in [0.1, 0.15) is 38.2 Å². The molecule has 0 saturated heterocycles. The summed E-state index contributed by atoms with van der Waals surface area (Å²) in [7, 11) is -0.241. The lowest BCUT2D eigenvalue weighted by atomic mass is 10.1. The molecule has 0 aromatic heterocycles. The maximum atomic E-state index is 14.3. The zero-order chi connectivity index (χ0) is 32.7. The molecule has 1 unspecified atom stereocenters. The minimum Gasteiger partial charge on any atom is -0.495 e. The summed E-state index contributed by atoms with van der Waals surface area (Å²) in [4.78, 5) is 28.9. The van der Waals surface area contributed by atoms with Crippen LogP contribution in [0.2, 0.25) is 10.0 Å². The van der Waals surface area contributed by atoms with E-state index in [1.807, 2.05) is 0 Å². The van der Waals surface area contributed by atoms with Gasteiger partial charge in [0.2, 0.25) is 11.8 Å². The van der Waals surface area contributed by atoms with Gasteiger partial charge in [0.15, 0.2) is 11.5 Å².